The van der Waals surface area contributed by atoms with E-state index in [1.54, 1.807) is 7.05 Å². The number of aromatic nitrogens is 4. The lowest BCUT2D eigenvalue weighted by atomic mass is 10.2. The summed E-state index contributed by atoms with van der Waals surface area (Å²) >= 11 is 1.44. The van der Waals surface area contributed by atoms with Gasteiger partial charge >= 0.3 is 5.97 Å². The summed E-state index contributed by atoms with van der Waals surface area (Å²) in [5, 5.41) is 17.3. The van der Waals surface area contributed by atoms with Crippen LogP contribution in [0, 0.1) is 13.8 Å². The Hall–Kier alpha value is -1.76. The van der Waals surface area contributed by atoms with Crippen LogP contribution in [0.15, 0.2) is 0 Å². The first-order valence-corrected chi connectivity index (χ1v) is 5.39. The summed E-state index contributed by atoms with van der Waals surface area (Å²) in [6.45, 7) is 3.73. The van der Waals surface area contributed by atoms with E-state index < -0.39 is 5.97 Å². The summed E-state index contributed by atoms with van der Waals surface area (Å²) in [5.41, 5.74) is 1.28. The Morgan fingerprint density at radius 3 is 2.62 bits per heavy atom. The maximum Gasteiger partial charge on any atom is 0.358 e. The zero-order chi connectivity index (χ0) is 11.9. The van der Waals surface area contributed by atoms with Crippen LogP contribution in [0.5, 0.6) is 0 Å². The summed E-state index contributed by atoms with van der Waals surface area (Å²) in [5.74, 6) is -1.08. The average molecular weight is 238 g/mol. The molecule has 2 heterocycles. The van der Waals surface area contributed by atoms with Crippen LogP contribution in [-0.4, -0.2) is 31.1 Å². The number of carboxylic acids is 1. The van der Waals surface area contributed by atoms with Gasteiger partial charge in [0.05, 0.1) is 15.6 Å². The molecule has 0 unspecified atom stereocenters. The number of carbonyl (C=O) groups is 1. The van der Waals surface area contributed by atoms with Gasteiger partial charge in [-0.1, -0.05) is 5.21 Å². The maximum absolute atomic E-state index is 11.0. The highest BCUT2D eigenvalue weighted by Crippen LogP contribution is 2.30. The van der Waals surface area contributed by atoms with Gasteiger partial charge < -0.3 is 5.11 Å². The molecule has 2 aromatic heterocycles. The zero-order valence-electron chi connectivity index (χ0n) is 9.05. The van der Waals surface area contributed by atoms with Gasteiger partial charge in [-0.15, -0.1) is 16.4 Å². The Morgan fingerprint density at radius 1 is 1.44 bits per heavy atom. The summed E-state index contributed by atoms with van der Waals surface area (Å²) in [7, 11) is 1.67. The third-order valence-electron chi connectivity index (χ3n) is 2.15. The fraction of sp³-hybridized carbons (Fsp3) is 0.333. The monoisotopic (exact) mass is 238 g/mol. The zero-order valence-corrected chi connectivity index (χ0v) is 9.87. The van der Waals surface area contributed by atoms with Gasteiger partial charge in [0.1, 0.15) is 5.69 Å². The molecular weight excluding hydrogens is 228 g/mol. The second kappa shape index (κ2) is 3.67. The molecule has 2 rings (SSSR count). The van der Waals surface area contributed by atoms with Crippen molar-refractivity contribution in [1.82, 2.24) is 20.0 Å². The van der Waals surface area contributed by atoms with E-state index in [1.807, 2.05) is 13.8 Å². The molecule has 0 aromatic carbocycles. The van der Waals surface area contributed by atoms with Gasteiger partial charge in [-0.25, -0.2) is 14.5 Å². The van der Waals surface area contributed by atoms with Crippen molar-refractivity contribution in [3.05, 3.63) is 16.4 Å². The number of aromatic carboxylic acids is 1. The molecule has 0 saturated heterocycles. The van der Waals surface area contributed by atoms with Crippen LogP contribution < -0.4 is 0 Å². The van der Waals surface area contributed by atoms with Gasteiger partial charge in [-0.2, -0.15) is 0 Å². The van der Waals surface area contributed by atoms with E-state index in [4.69, 9.17) is 5.11 Å². The first-order chi connectivity index (χ1) is 7.50. The number of hydrogen-bond acceptors (Lipinski definition) is 5. The fourth-order valence-electron chi connectivity index (χ4n) is 1.51. The Morgan fingerprint density at radius 2 is 2.12 bits per heavy atom. The molecule has 0 aliphatic carbocycles. The van der Waals surface area contributed by atoms with Crippen molar-refractivity contribution >= 4 is 17.3 Å². The Balaban J connectivity index is 2.67. The van der Waals surface area contributed by atoms with Crippen LogP contribution in [0.25, 0.3) is 10.6 Å². The molecule has 0 aliphatic rings. The minimum atomic E-state index is -1.08. The lowest BCUT2D eigenvalue weighted by Gasteiger charge is -1.99. The molecule has 2 aromatic rings. The molecular formula is C9H10N4O2S. The highest BCUT2D eigenvalue weighted by atomic mass is 32.1. The maximum atomic E-state index is 11.0. The molecule has 6 nitrogen and oxygen atoms in total. The van der Waals surface area contributed by atoms with Gasteiger partial charge in [0.25, 0.3) is 0 Å². The first-order valence-electron chi connectivity index (χ1n) is 4.58. The lowest BCUT2D eigenvalue weighted by Crippen LogP contribution is -2.01. The van der Waals surface area contributed by atoms with E-state index in [1.165, 1.54) is 16.0 Å². The molecule has 0 radical (unpaired) electrons. The molecule has 0 aliphatic heterocycles. The second-order valence-corrected chi connectivity index (χ2v) is 4.57. The minimum Gasteiger partial charge on any atom is -0.476 e. The van der Waals surface area contributed by atoms with Crippen LogP contribution in [0.4, 0.5) is 0 Å². The van der Waals surface area contributed by atoms with Crippen molar-refractivity contribution in [2.24, 2.45) is 7.05 Å². The molecule has 1 N–H and O–H groups in total. The van der Waals surface area contributed by atoms with Crippen molar-refractivity contribution in [2.45, 2.75) is 13.8 Å². The van der Waals surface area contributed by atoms with Gasteiger partial charge in [-0.05, 0) is 13.8 Å². The highest BCUT2D eigenvalue weighted by molar-refractivity contribution is 7.15. The quantitative estimate of drug-likeness (QED) is 0.851. The third-order valence-corrected chi connectivity index (χ3v) is 3.23. The lowest BCUT2D eigenvalue weighted by molar-refractivity contribution is 0.0691. The first kappa shape index (κ1) is 10.7. The summed E-state index contributed by atoms with van der Waals surface area (Å²) in [6, 6.07) is 0. The average Bonchev–Trinajstić information content (AvgIpc) is 2.69. The van der Waals surface area contributed by atoms with E-state index in [-0.39, 0.29) is 5.69 Å². The molecule has 0 saturated carbocycles. The van der Waals surface area contributed by atoms with Gasteiger partial charge in [0, 0.05) is 7.05 Å². The van der Waals surface area contributed by atoms with Crippen LogP contribution in [0.1, 0.15) is 21.2 Å². The van der Waals surface area contributed by atoms with Crippen molar-refractivity contribution in [2.75, 3.05) is 0 Å². The van der Waals surface area contributed by atoms with Crippen molar-refractivity contribution < 1.29 is 9.90 Å². The highest BCUT2D eigenvalue weighted by Gasteiger charge is 2.22. The minimum absolute atomic E-state index is 0.0331. The van der Waals surface area contributed by atoms with Crippen molar-refractivity contribution in [3.63, 3.8) is 0 Å². The molecule has 0 bridgehead atoms. The van der Waals surface area contributed by atoms with Crippen LogP contribution in [-0.2, 0) is 7.05 Å². The fourth-order valence-corrected chi connectivity index (χ4v) is 2.50. The van der Waals surface area contributed by atoms with E-state index >= 15 is 0 Å². The number of carboxylic acid groups (broad SMARTS) is 1. The van der Waals surface area contributed by atoms with Gasteiger partial charge in [0.2, 0.25) is 0 Å². The van der Waals surface area contributed by atoms with Crippen molar-refractivity contribution in [3.8, 4) is 10.6 Å². The standard InChI is InChI=1S/C9H10N4O2S/c1-4-8(16-5(2)10-4)7-6(9(14)15)11-12-13(7)3/h1-3H3,(H,14,15). The number of aryl methyl sites for hydroxylation is 3. The van der Waals surface area contributed by atoms with Crippen molar-refractivity contribution in [1.29, 1.82) is 0 Å². The summed E-state index contributed by atoms with van der Waals surface area (Å²) in [4.78, 5) is 16.1. The van der Waals surface area contributed by atoms with Gasteiger partial charge in [-0.3, -0.25) is 0 Å². The smallest absolute Gasteiger partial charge is 0.358 e. The molecule has 0 atom stereocenters. The largest absolute Gasteiger partial charge is 0.476 e. The number of rotatable bonds is 2. The van der Waals surface area contributed by atoms with Gasteiger partial charge in [0.15, 0.2) is 5.69 Å². The predicted molar refractivity (Wildman–Crippen MR) is 58.5 cm³/mol. The topological polar surface area (TPSA) is 80.9 Å². The normalized spacial score (nSPS) is 10.7. The van der Waals surface area contributed by atoms with Crippen LogP contribution >= 0.6 is 11.3 Å². The molecule has 0 amide bonds. The SMILES string of the molecule is Cc1nc(C)c(-c2c(C(=O)O)nnn2C)s1. The Kier molecular flexibility index (Phi) is 2.47. The number of thiazole rings is 1. The van der Waals surface area contributed by atoms with Crippen LogP contribution in [0.3, 0.4) is 0 Å². The third kappa shape index (κ3) is 1.58. The molecule has 84 valence electrons. The van der Waals surface area contributed by atoms with E-state index in [9.17, 15) is 4.79 Å². The molecule has 7 heteroatoms. The number of hydrogen-bond donors (Lipinski definition) is 1. The number of nitrogens with zero attached hydrogens (tertiary/aromatic N) is 4. The summed E-state index contributed by atoms with van der Waals surface area (Å²) in [6.07, 6.45) is 0. The molecule has 0 spiro atoms. The van der Waals surface area contributed by atoms with E-state index in [2.05, 4.69) is 15.3 Å². The second-order valence-electron chi connectivity index (χ2n) is 3.36. The Bertz CT molecular complexity index is 558. The van der Waals surface area contributed by atoms with Crippen LogP contribution in [0.2, 0.25) is 0 Å². The van der Waals surface area contributed by atoms with E-state index in [0.717, 1.165) is 15.6 Å². The predicted octanol–water partition coefficient (Wildman–Crippen LogP) is 1.25. The van der Waals surface area contributed by atoms with E-state index in [0.29, 0.717) is 5.69 Å². The molecule has 16 heavy (non-hydrogen) atoms. The summed E-state index contributed by atoms with van der Waals surface area (Å²) < 4.78 is 1.46. The Labute approximate surface area is 95.6 Å². The molecule has 0 fully saturated rings.